The second-order valence-electron chi connectivity index (χ2n) is 8.52. The van der Waals surface area contributed by atoms with Gasteiger partial charge < -0.3 is 10.3 Å². The van der Waals surface area contributed by atoms with Crippen molar-refractivity contribution in [3.8, 4) is 11.3 Å². The molecular formula is C31H28N2OS. The molecule has 0 atom stereocenters. The Morgan fingerprint density at radius 3 is 1.97 bits per heavy atom. The Labute approximate surface area is 210 Å². The zero-order valence-electron chi connectivity index (χ0n) is 19.5. The molecule has 0 radical (unpaired) electrons. The summed E-state index contributed by atoms with van der Waals surface area (Å²) in [6.45, 7) is 0.619. The quantitative estimate of drug-likeness (QED) is 0.174. The lowest BCUT2D eigenvalue weighted by atomic mass is 9.88. The highest BCUT2D eigenvalue weighted by Crippen LogP contribution is 2.37. The molecule has 0 unspecified atom stereocenters. The van der Waals surface area contributed by atoms with Crippen molar-refractivity contribution in [2.24, 2.45) is 0 Å². The number of hydrogen-bond acceptors (Lipinski definition) is 2. The first kappa shape index (κ1) is 23.0. The minimum Gasteiger partial charge on any atom is -0.355 e. The highest BCUT2D eigenvalue weighted by Gasteiger charge is 2.18. The van der Waals surface area contributed by atoms with Crippen LogP contribution in [0.3, 0.4) is 0 Å². The topological polar surface area (TPSA) is 44.9 Å². The smallest absolute Gasteiger partial charge is 0.220 e. The number of H-pyrrole nitrogens is 1. The van der Waals surface area contributed by atoms with E-state index in [0.717, 1.165) is 28.1 Å². The molecule has 3 nitrogen and oxygen atoms in total. The van der Waals surface area contributed by atoms with Crippen LogP contribution in [0.4, 0.5) is 0 Å². The van der Waals surface area contributed by atoms with Gasteiger partial charge in [0.25, 0.3) is 0 Å². The van der Waals surface area contributed by atoms with Crippen molar-refractivity contribution < 1.29 is 4.79 Å². The van der Waals surface area contributed by atoms with Crippen molar-refractivity contribution in [1.82, 2.24) is 10.3 Å². The number of nitrogens with one attached hydrogen (secondary N) is 2. The molecule has 4 aromatic carbocycles. The normalized spacial score (nSPS) is 11.1. The number of carbonyl (C=O) groups is 1. The van der Waals surface area contributed by atoms with E-state index in [1.54, 1.807) is 11.8 Å². The number of rotatable bonds is 9. The first-order chi connectivity index (χ1) is 17.3. The summed E-state index contributed by atoms with van der Waals surface area (Å²) in [6.07, 6.45) is 0.432. The molecule has 0 saturated heterocycles. The maximum Gasteiger partial charge on any atom is 0.220 e. The zero-order valence-corrected chi connectivity index (χ0v) is 20.3. The second-order valence-corrected chi connectivity index (χ2v) is 9.62. The summed E-state index contributed by atoms with van der Waals surface area (Å²) < 4.78 is 0. The molecule has 1 aromatic heterocycles. The van der Waals surface area contributed by atoms with E-state index in [-0.39, 0.29) is 11.8 Å². The van der Waals surface area contributed by atoms with Gasteiger partial charge in [-0.2, -0.15) is 0 Å². The summed E-state index contributed by atoms with van der Waals surface area (Å²) >= 11 is 1.79. The summed E-state index contributed by atoms with van der Waals surface area (Å²) in [4.78, 5) is 17.7. The molecule has 5 aromatic rings. The lowest BCUT2D eigenvalue weighted by Gasteiger charge is -2.18. The highest BCUT2D eigenvalue weighted by molar-refractivity contribution is 7.99. The van der Waals surface area contributed by atoms with E-state index in [2.05, 4.69) is 83.1 Å². The summed E-state index contributed by atoms with van der Waals surface area (Å²) in [7, 11) is 0. The molecule has 35 heavy (non-hydrogen) atoms. The van der Waals surface area contributed by atoms with E-state index in [1.807, 2.05) is 42.5 Å². The molecule has 0 aliphatic heterocycles. The molecule has 2 N–H and O–H groups in total. The van der Waals surface area contributed by atoms with Gasteiger partial charge in [0, 0.05) is 40.4 Å². The average molecular weight is 477 g/mol. The fraction of sp³-hybridized carbons (Fsp3) is 0.129. The monoisotopic (exact) mass is 476 g/mol. The Hall–Kier alpha value is -3.76. The number of fused-ring (bicyclic) bond motifs is 1. The number of benzene rings is 4. The predicted molar refractivity (Wildman–Crippen MR) is 147 cm³/mol. The number of carbonyl (C=O) groups excluding carboxylic acids is 1. The number of aromatic nitrogens is 1. The Morgan fingerprint density at radius 1 is 0.743 bits per heavy atom. The summed E-state index contributed by atoms with van der Waals surface area (Å²) in [5.41, 5.74) is 5.76. The number of amides is 1. The Bertz CT molecular complexity index is 1340. The average Bonchev–Trinajstić information content (AvgIpc) is 3.30. The molecule has 0 fully saturated rings. The van der Waals surface area contributed by atoms with Crippen LogP contribution < -0.4 is 5.32 Å². The van der Waals surface area contributed by atoms with Crippen LogP contribution in [-0.4, -0.2) is 23.2 Å². The van der Waals surface area contributed by atoms with Gasteiger partial charge in [-0.05, 0) is 22.8 Å². The van der Waals surface area contributed by atoms with E-state index in [4.69, 9.17) is 0 Å². The third kappa shape index (κ3) is 5.50. The maximum absolute atomic E-state index is 12.9. The van der Waals surface area contributed by atoms with Gasteiger partial charge in [0.1, 0.15) is 0 Å². The molecule has 5 rings (SSSR count). The van der Waals surface area contributed by atoms with Gasteiger partial charge in [-0.15, -0.1) is 11.8 Å². The first-order valence-corrected chi connectivity index (χ1v) is 12.9. The molecule has 4 heteroatoms. The van der Waals surface area contributed by atoms with Gasteiger partial charge in [0.05, 0.1) is 5.69 Å². The fourth-order valence-corrected chi connectivity index (χ4v) is 5.53. The van der Waals surface area contributed by atoms with E-state index in [9.17, 15) is 4.79 Å². The van der Waals surface area contributed by atoms with Crippen molar-refractivity contribution >= 4 is 28.6 Å². The molecule has 0 spiro atoms. The van der Waals surface area contributed by atoms with Crippen molar-refractivity contribution in [2.75, 3.05) is 12.3 Å². The van der Waals surface area contributed by atoms with Gasteiger partial charge in [0.2, 0.25) is 5.91 Å². The first-order valence-electron chi connectivity index (χ1n) is 11.9. The second kappa shape index (κ2) is 11.1. The molecule has 0 aliphatic carbocycles. The highest BCUT2D eigenvalue weighted by atomic mass is 32.2. The van der Waals surface area contributed by atoms with E-state index < -0.39 is 0 Å². The molecule has 0 bridgehead atoms. The van der Waals surface area contributed by atoms with Crippen LogP contribution in [0.5, 0.6) is 0 Å². The van der Waals surface area contributed by atoms with Crippen LogP contribution in [0.2, 0.25) is 0 Å². The zero-order chi connectivity index (χ0) is 23.9. The van der Waals surface area contributed by atoms with Crippen molar-refractivity contribution in [3.63, 3.8) is 0 Å². The van der Waals surface area contributed by atoms with Crippen LogP contribution >= 0.6 is 11.8 Å². The van der Waals surface area contributed by atoms with Crippen molar-refractivity contribution in [2.45, 2.75) is 17.2 Å². The Morgan fingerprint density at radius 2 is 1.31 bits per heavy atom. The number of thioether (sulfide) groups is 1. The SMILES string of the molecule is O=C(CC(c1ccccc1)c1ccccc1)NCCSc1c(-c2ccccc2)[nH]c2ccccc12. The molecular weight excluding hydrogens is 448 g/mol. The molecule has 1 heterocycles. The largest absolute Gasteiger partial charge is 0.355 e. The van der Waals surface area contributed by atoms with Gasteiger partial charge in [-0.25, -0.2) is 0 Å². The maximum atomic E-state index is 12.9. The van der Waals surface area contributed by atoms with Crippen LogP contribution in [-0.2, 0) is 4.79 Å². The number of hydrogen-bond donors (Lipinski definition) is 2. The summed E-state index contributed by atoms with van der Waals surface area (Å²) in [5, 5.41) is 4.37. The Balaban J connectivity index is 1.25. The van der Waals surface area contributed by atoms with Gasteiger partial charge in [-0.1, -0.05) is 109 Å². The van der Waals surface area contributed by atoms with Crippen LogP contribution in [0.15, 0.2) is 120 Å². The van der Waals surface area contributed by atoms with E-state index in [0.29, 0.717) is 13.0 Å². The van der Waals surface area contributed by atoms with Crippen LogP contribution in [0, 0.1) is 0 Å². The molecule has 0 aliphatic rings. The van der Waals surface area contributed by atoms with Gasteiger partial charge in [-0.3, -0.25) is 4.79 Å². The third-order valence-corrected chi connectivity index (χ3v) is 7.31. The summed E-state index contributed by atoms with van der Waals surface area (Å²) in [6, 6.07) is 39.4. The standard InChI is InChI=1S/C31H28N2OS/c34-29(22-27(23-12-4-1-5-13-23)24-14-6-2-7-15-24)32-20-21-35-31-26-18-10-11-19-28(26)33-30(31)25-16-8-3-9-17-25/h1-19,27,33H,20-22H2,(H,32,34). The number of para-hydroxylation sites is 1. The lowest BCUT2D eigenvalue weighted by molar-refractivity contribution is -0.121. The Kier molecular flexibility index (Phi) is 7.30. The molecule has 174 valence electrons. The van der Waals surface area contributed by atoms with E-state index in [1.165, 1.54) is 15.8 Å². The predicted octanol–water partition coefficient (Wildman–Crippen LogP) is 7.27. The molecule has 0 saturated carbocycles. The minimum absolute atomic E-state index is 0.0448. The summed E-state index contributed by atoms with van der Waals surface area (Å²) in [5.74, 6) is 0.920. The van der Waals surface area contributed by atoms with Gasteiger partial charge in [0.15, 0.2) is 0 Å². The lowest BCUT2D eigenvalue weighted by Crippen LogP contribution is -2.27. The van der Waals surface area contributed by atoms with Crippen molar-refractivity contribution in [3.05, 3.63) is 126 Å². The minimum atomic E-state index is 0.0448. The molecule has 1 amide bonds. The van der Waals surface area contributed by atoms with E-state index >= 15 is 0 Å². The van der Waals surface area contributed by atoms with Crippen LogP contribution in [0.1, 0.15) is 23.5 Å². The van der Waals surface area contributed by atoms with Crippen LogP contribution in [0.25, 0.3) is 22.2 Å². The fourth-order valence-electron chi connectivity index (χ4n) is 4.47. The third-order valence-electron chi connectivity index (χ3n) is 6.18. The van der Waals surface area contributed by atoms with Crippen molar-refractivity contribution in [1.29, 1.82) is 0 Å². The number of aromatic amines is 1. The van der Waals surface area contributed by atoms with Gasteiger partial charge >= 0.3 is 0 Å².